The van der Waals surface area contributed by atoms with Crippen molar-refractivity contribution < 1.29 is 9.59 Å². The summed E-state index contributed by atoms with van der Waals surface area (Å²) in [6, 6.07) is 19.9. The van der Waals surface area contributed by atoms with Gasteiger partial charge in [-0.3, -0.25) is 19.6 Å². The van der Waals surface area contributed by atoms with Crippen molar-refractivity contribution in [1.82, 2.24) is 25.3 Å². The predicted octanol–water partition coefficient (Wildman–Crippen LogP) is 5.07. The number of aromatic nitrogens is 4. The molecule has 8 heteroatoms. The van der Waals surface area contributed by atoms with Crippen LogP contribution in [0.1, 0.15) is 29.9 Å². The molecule has 0 spiro atoms. The summed E-state index contributed by atoms with van der Waals surface area (Å²) in [6.45, 7) is 1.09. The van der Waals surface area contributed by atoms with Crippen LogP contribution < -0.4 is 10.2 Å². The van der Waals surface area contributed by atoms with Gasteiger partial charge in [0.05, 0.1) is 23.3 Å². The molecule has 0 radical (unpaired) electrons. The van der Waals surface area contributed by atoms with Gasteiger partial charge in [0.15, 0.2) is 0 Å². The van der Waals surface area contributed by atoms with Crippen molar-refractivity contribution >= 4 is 34.6 Å². The van der Waals surface area contributed by atoms with E-state index in [1.165, 1.54) is 0 Å². The smallest absolute Gasteiger partial charge is 0.247 e. The molecular formula is C32H26N6O2. The highest BCUT2D eigenvalue weighted by molar-refractivity contribution is 6.01. The fraction of sp³-hybridized carbons (Fsp3) is 0.156. The molecule has 7 rings (SSSR count). The molecule has 196 valence electrons. The zero-order valence-electron chi connectivity index (χ0n) is 21.7. The molecule has 2 N–H and O–H groups in total. The molecule has 2 aromatic carbocycles. The van der Waals surface area contributed by atoms with Gasteiger partial charge in [-0.05, 0) is 60.0 Å². The van der Waals surface area contributed by atoms with Gasteiger partial charge in [0, 0.05) is 65.9 Å². The minimum Gasteiger partial charge on any atom is -0.345 e. The third kappa shape index (κ3) is 4.43. The van der Waals surface area contributed by atoms with Gasteiger partial charge in [0.2, 0.25) is 11.8 Å². The maximum atomic E-state index is 13.0. The van der Waals surface area contributed by atoms with Gasteiger partial charge in [-0.2, -0.15) is 0 Å². The Morgan fingerprint density at radius 1 is 1.00 bits per heavy atom. The van der Waals surface area contributed by atoms with E-state index in [0.29, 0.717) is 30.8 Å². The van der Waals surface area contributed by atoms with Crippen LogP contribution in [0.4, 0.5) is 5.69 Å². The normalized spacial score (nSPS) is 14.4. The third-order valence-electron chi connectivity index (χ3n) is 7.53. The Labute approximate surface area is 230 Å². The molecule has 8 nitrogen and oxygen atoms in total. The first-order chi connectivity index (χ1) is 19.6. The highest BCUT2D eigenvalue weighted by Gasteiger charge is 2.23. The van der Waals surface area contributed by atoms with E-state index in [1.807, 2.05) is 78.0 Å². The number of hydrogen-bond donors (Lipinski definition) is 2. The van der Waals surface area contributed by atoms with E-state index in [2.05, 4.69) is 31.3 Å². The Bertz CT molecular complexity index is 1770. The van der Waals surface area contributed by atoms with Crippen LogP contribution in [0.3, 0.4) is 0 Å². The molecule has 1 aliphatic heterocycles. The lowest BCUT2D eigenvalue weighted by Crippen LogP contribution is -2.25. The summed E-state index contributed by atoms with van der Waals surface area (Å²) in [7, 11) is 0. The lowest BCUT2D eigenvalue weighted by atomic mass is 9.98. The van der Waals surface area contributed by atoms with Crippen LogP contribution >= 0.6 is 0 Å². The summed E-state index contributed by atoms with van der Waals surface area (Å²) in [4.78, 5) is 43.8. The molecule has 5 aromatic rings. The number of nitrogens with zero attached hydrogens (tertiary/aromatic N) is 4. The largest absolute Gasteiger partial charge is 0.345 e. The average Bonchev–Trinajstić information content (AvgIpc) is 3.73. The molecule has 0 unspecified atom stereocenters. The molecule has 1 fully saturated rings. The van der Waals surface area contributed by atoms with Crippen LogP contribution in [-0.2, 0) is 22.6 Å². The van der Waals surface area contributed by atoms with Gasteiger partial charge in [-0.15, -0.1) is 0 Å². The SMILES string of the molecule is O=C(NCc1nc2ccccc2[nH]1)C1=Cc2c(-c3cncc(-c4ccc(N5CCCC5=O)cc4)c3)ccnc2C1. The van der Waals surface area contributed by atoms with Crippen molar-refractivity contribution in [3.63, 3.8) is 0 Å². The van der Waals surface area contributed by atoms with E-state index in [-0.39, 0.29) is 11.8 Å². The number of aromatic amines is 1. The van der Waals surface area contributed by atoms with Gasteiger partial charge in [-0.1, -0.05) is 24.3 Å². The molecule has 0 atom stereocenters. The summed E-state index contributed by atoms with van der Waals surface area (Å²) < 4.78 is 0. The Morgan fingerprint density at radius 3 is 2.67 bits per heavy atom. The molecule has 3 aromatic heterocycles. The Kier molecular flexibility index (Phi) is 5.92. The fourth-order valence-corrected chi connectivity index (χ4v) is 5.49. The van der Waals surface area contributed by atoms with Crippen LogP contribution in [0.2, 0.25) is 0 Å². The average molecular weight is 527 g/mol. The number of fused-ring (bicyclic) bond motifs is 2. The third-order valence-corrected chi connectivity index (χ3v) is 7.53. The van der Waals surface area contributed by atoms with E-state index < -0.39 is 0 Å². The molecule has 1 aliphatic carbocycles. The van der Waals surface area contributed by atoms with Crippen molar-refractivity contribution in [3.05, 3.63) is 102 Å². The van der Waals surface area contributed by atoms with Crippen LogP contribution in [-0.4, -0.2) is 38.3 Å². The number of H-pyrrole nitrogens is 1. The minimum atomic E-state index is -0.132. The first kappa shape index (κ1) is 24.0. The zero-order valence-corrected chi connectivity index (χ0v) is 21.7. The number of carbonyl (C=O) groups is 2. The number of pyridine rings is 2. The molecule has 0 bridgehead atoms. The second kappa shape index (κ2) is 9.89. The predicted molar refractivity (Wildman–Crippen MR) is 154 cm³/mol. The Morgan fingerprint density at radius 2 is 1.85 bits per heavy atom. The summed E-state index contributed by atoms with van der Waals surface area (Å²) in [5.74, 6) is 0.763. The number of carbonyl (C=O) groups excluding carboxylic acids is 2. The number of nitrogens with one attached hydrogen (secondary N) is 2. The standard InChI is InChI=1S/C32H26N6O2/c39-31-6-3-13-38(31)24-9-7-20(8-10-24)22-14-23(18-33-17-22)25-11-12-34-29-16-21(15-26(25)29)32(40)35-19-30-36-27-4-1-2-5-28(27)37-30/h1-2,4-5,7-12,14-15,17-18H,3,6,13,16,19H2,(H,35,40)(H,36,37). The quantitative estimate of drug-likeness (QED) is 0.322. The van der Waals surface area contributed by atoms with Crippen molar-refractivity contribution in [2.45, 2.75) is 25.8 Å². The first-order valence-electron chi connectivity index (χ1n) is 13.4. The van der Waals surface area contributed by atoms with E-state index in [4.69, 9.17) is 0 Å². The molecule has 2 aliphatic rings. The van der Waals surface area contributed by atoms with E-state index >= 15 is 0 Å². The maximum absolute atomic E-state index is 13.0. The van der Waals surface area contributed by atoms with Crippen molar-refractivity contribution in [3.8, 4) is 22.3 Å². The van der Waals surface area contributed by atoms with E-state index in [9.17, 15) is 9.59 Å². The number of para-hydroxylation sites is 2. The molecule has 4 heterocycles. The summed E-state index contributed by atoms with van der Waals surface area (Å²) in [6.07, 6.45) is 9.38. The van der Waals surface area contributed by atoms with E-state index in [0.717, 1.165) is 63.2 Å². The molecule has 0 saturated carbocycles. The lowest BCUT2D eigenvalue weighted by molar-refractivity contribution is -0.118. The number of rotatable bonds is 6. The fourth-order valence-electron chi connectivity index (χ4n) is 5.49. The van der Waals surface area contributed by atoms with Crippen molar-refractivity contribution in [2.24, 2.45) is 0 Å². The zero-order chi connectivity index (χ0) is 27.1. The van der Waals surface area contributed by atoms with Crippen molar-refractivity contribution in [2.75, 3.05) is 11.4 Å². The van der Waals surface area contributed by atoms with Gasteiger partial charge in [0.1, 0.15) is 5.82 Å². The molecule has 2 amide bonds. The van der Waals surface area contributed by atoms with Gasteiger partial charge < -0.3 is 15.2 Å². The summed E-state index contributed by atoms with van der Waals surface area (Å²) in [5.41, 5.74) is 9.18. The minimum absolute atomic E-state index is 0.132. The van der Waals surface area contributed by atoms with Crippen LogP contribution in [0.5, 0.6) is 0 Å². The number of benzene rings is 2. The summed E-state index contributed by atoms with van der Waals surface area (Å²) >= 11 is 0. The lowest BCUT2D eigenvalue weighted by Gasteiger charge is -2.16. The first-order valence-corrected chi connectivity index (χ1v) is 13.4. The van der Waals surface area contributed by atoms with Crippen LogP contribution in [0.15, 0.2) is 84.8 Å². The maximum Gasteiger partial charge on any atom is 0.247 e. The highest BCUT2D eigenvalue weighted by Crippen LogP contribution is 2.34. The molecule has 1 saturated heterocycles. The summed E-state index contributed by atoms with van der Waals surface area (Å²) in [5, 5.41) is 2.99. The van der Waals surface area contributed by atoms with Gasteiger partial charge in [-0.25, -0.2) is 4.98 Å². The van der Waals surface area contributed by atoms with Gasteiger partial charge in [0.25, 0.3) is 0 Å². The number of anilines is 1. The number of amides is 2. The van der Waals surface area contributed by atoms with E-state index in [1.54, 1.807) is 6.20 Å². The monoisotopic (exact) mass is 526 g/mol. The Balaban J connectivity index is 1.11. The van der Waals surface area contributed by atoms with Crippen LogP contribution in [0.25, 0.3) is 39.4 Å². The van der Waals surface area contributed by atoms with Crippen LogP contribution in [0, 0.1) is 0 Å². The van der Waals surface area contributed by atoms with Crippen molar-refractivity contribution in [1.29, 1.82) is 0 Å². The number of hydrogen-bond acceptors (Lipinski definition) is 5. The topological polar surface area (TPSA) is 104 Å². The molecular weight excluding hydrogens is 500 g/mol. The highest BCUT2D eigenvalue weighted by atomic mass is 16.2. The second-order valence-electron chi connectivity index (χ2n) is 10.1. The number of imidazole rings is 1. The molecule has 40 heavy (non-hydrogen) atoms. The van der Waals surface area contributed by atoms with Gasteiger partial charge >= 0.3 is 0 Å². The second-order valence-corrected chi connectivity index (χ2v) is 10.1. The Hall–Kier alpha value is -5.11.